The number of fused-ring (bicyclic) bond motifs is 1. The summed E-state index contributed by atoms with van der Waals surface area (Å²) in [5, 5.41) is 11.1. The van der Waals surface area contributed by atoms with Crippen LogP contribution in [0.1, 0.15) is 41.1 Å². The van der Waals surface area contributed by atoms with Crippen LogP contribution in [0, 0.1) is 13.8 Å². The van der Waals surface area contributed by atoms with E-state index in [4.69, 9.17) is 28.3 Å². The fourth-order valence-corrected chi connectivity index (χ4v) is 4.04. The van der Waals surface area contributed by atoms with Crippen molar-refractivity contribution in [2.45, 2.75) is 39.2 Å². The molecule has 1 aliphatic rings. The molecule has 1 saturated carbocycles. The Bertz CT molecular complexity index is 1350. The van der Waals surface area contributed by atoms with E-state index in [2.05, 4.69) is 31.1 Å². The zero-order valence-corrected chi connectivity index (χ0v) is 18.2. The summed E-state index contributed by atoms with van der Waals surface area (Å²) < 4.78 is 3.26. The van der Waals surface area contributed by atoms with E-state index >= 15 is 0 Å². The average molecular weight is 439 g/mol. The molecule has 152 valence electrons. The summed E-state index contributed by atoms with van der Waals surface area (Å²) in [5.41, 5.74) is 5.44. The largest absolute Gasteiger partial charge is 0.293 e. The van der Waals surface area contributed by atoms with Gasteiger partial charge in [0.15, 0.2) is 0 Å². The van der Waals surface area contributed by atoms with Gasteiger partial charge >= 0.3 is 0 Å². The fraction of sp³-hybridized carbons (Fsp3) is 0.261. The molecule has 0 aliphatic heterocycles. The number of hydrogen-bond donors (Lipinski definition) is 0. The number of aromatic nitrogens is 4. The minimum atomic E-state index is -0.170. The van der Waals surface area contributed by atoms with Gasteiger partial charge in [0.1, 0.15) is 5.52 Å². The standard InChI is InChI=1S/C23H20Cl2N4O/c1-13-3-7-17(9-14(13)2)29-22-18(11-26-29)21(16-5-6-16)27-28(23(22)30)12-15-4-8-19(24)20(25)10-15/h3-4,7-11,16H,5-6,12H2,1-2H3. The van der Waals surface area contributed by atoms with Crippen LogP contribution in [0.3, 0.4) is 0 Å². The van der Waals surface area contributed by atoms with Crippen molar-refractivity contribution >= 4 is 34.1 Å². The van der Waals surface area contributed by atoms with Crippen molar-refractivity contribution in [2.75, 3.05) is 0 Å². The summed E-state index contributed by atoms with van der Waals surface area (Å²) in [6.07, 6.45) is 3.94. The Labute approximate surface area is 183 Å². The zero-order chi connectivity index (χ0) is 21.0. The van der Waals surface area contributed by atoms with Gasteiger partial charge in [0.05, 0.1) is 34.2 Å². The van der Waals surface area contributed by atoms with Gasteiger partial charge in [0.25, 0.3) is 5.56 Å². The number of rotatable bonds is 4. The maximum Gasteiger partial charge on any atom is 0.293 e. The van der Waals surface area contributed by atoms with E-state index in [1.165, 1.54) is 10.2 Å². The summed E-state index contributed by atoms with van der Waals surface area (Å²) in [5.74, 6) is 0.380. The Kier molecular flexibility index (Phi) is 4.68. The van der Waals surface area contributed by atoms with Gasteiger partial charge in [-0.15, -0.1) is 0 Å². The van der Waals surface area contributed by atoms with Gasteiger partial charge in [-0.05, 0) is 67.6 Å². The minimum Gasteiger partial charge on any atom is -0.265 e. The lowest BCUT2D eigenvalue weighted by Crippen LogP contribution is -2.26. The Balaban J connectivity index is 1.70. The summed E-state index contributed by atoms with van der Waals surface area (Å²) >= 11 is 12.2. The number of hydrogen-bond acceptors (Lipinski definition) is 3. The van der Waals surface area contributed by atoms with Gasteiger partial charge in [-0.1, -0.05) is 35.3 Å². The van der Waals surface area contributed by atoms with Crippen molar-refractivity contribution < 1.29 is 0 Å². The number of aryl methyl sites for hydroxylation is 2. The van der Waals surface area contributed by atoms with Crippen LogP contribution < -0.4 is 5.56 Å². The third kappa shape index (κ3) is 3.32. The highest BCUT2D eigenvalue weighted by Crippen LogP contribution is 2.41. The minimum absolute atomic E-state index is 0.170. The summed E-state index contributed by atoms with van der Waals surface area (Å²) in [4.78, 5) is 13.5. The molecule has 5 nitrogen and oxygen atoms in total. The maximum absolute atomic E-state index is 13.5. The highest BCUT2D eigenvalue weighted by atomic mass is 35.5. The second kappa shape index (κ2) is 7.25. The Morgan fingerprint density at radius 2 is 1.83 bits per heavy atom. The molecule has 4 aromatic rings. The lowest BCUT2D eigenvalue weighted by molar-refractivity contribution is 0.626. The summed E-state index contributed by atoms with van der Waals surface area (Å²) in [6, 6.07) is 11.5. The predicted molar refractivity (Wildman–Crippen MR) is 120 cm³/mol. The molecule has 0 spiro atoms. The van der Waals surface area contributed by atoms with E-state index in [1.807, 2.05) is 12.1 Å². The van der Waals surface area contributed by atoms with Gasteiger partial charge in [-0.2, -0.15) is 10.2 Å². The van der Waals surface area contributed by atoms with Gasteiger partial charge in [0.2, 0.25) is 0 Å². The van der Waals surface area contributed by atoms with E-state index in [0.29, 0.717) is 28.0 Å². The van der Waals surface area contributed by atoms with Gasteiger partial charge in [-0.25, -0.2) is 9.36 Å². The lowest BCUT2D eigenvalue weighted by Gasteiger charge is -2.11. The molecule has 2 heterocycles. The SMILES string of the molecule is Cc1ccc(-n2ncc3c(C4CC4)nn(Cc4ccc(Cl)c(Cl)c4)c(=O)c32)cc1C. The molecule has 0 amide bonds. The van der Waals surface area contributed by atoms with E-state index in [1.54, 1.807) is 23.0 Å². The van der Waals surface area contributed by atoms with Gasteiger partial charge in [0, 0.05) is 11.3 Å². The average Bonchev–Trinajstić information content (AvgIpc) is 3.47. The molecule has 0 N–H and O–H groups in total. The van der Waals surface area contributed by atoms with Crippen LogP contribution in [-0.4, -0.2) is 19.6 Å². The zero-order valence-electron chi connectivity index (χ0n) is 16.7. The van der Waals surface area contributed by atoms with Crippen LogP contribution in [0.4, 0.5) is 0 Å². The first-order valence-electron chi connectivity index (χ1n) is 9.92. The number of benzene rings is 2. The van der Waals surface area contributed by atoms with Gasteiger partial charge in [-0.3, -0.25) is 4.79 Å². The van der Waals surface area contributed by atoms with E-state index in [9.17, 15) is 4.79 Å². The molecule has 0 unspecified atom stereocenters. The van der Waals surface area contributed by atoms with Crippen molar-refractivity contribution in [3.63, 3.8) is 0 Å². The molecule has 2 aromatic carbocycles. The van der Waals surface area contributed by atoms with Crippen molar-refractivity contribution in [3.05, 3.63) is 85.4 Å². The third-order valence-corrected chi connectivity index (χ3v) is 6.47. The van der Waals surface area contributed by atoms with Crippen molar-refractivity contribution in [3.8, 4) is 5.69 Å². The predicted octanol–water partition coefficient (Wildman–Crippen LogP) is 5.43. The molecule has 30 heavy (non-hydrogen) atoms. The molecular formula is C23H20Cl2N4O. The second-order valence-electron chi connectivity index (χ2n) is 7.96. The Morgan fingerprint density at radius 1 is 1.03 bits per heavy atom. The number of halogens is 2. The molecule has 5 rings (SSSR count). The van der Waals surface area contributed by atoms with Crippen molar-refractivity contribution in [1.29, 1.82) is 0 Å². The number of nitrogens with zero attached hydrogens (tertiary/aromatic N) is 4. The Morgan fingerprint density at radius 3 is 2.53 bits per heavy atom. The van der Waals surface area contributed by atoms with Crippen LogP contribution >= 0.6 is 23.2 Å². The van der Waals surface area contributed by atoms with E-state index in [-0.39, 0.29) is 5.56 Å². The normalized spacial score (nSPS) is 13.9. The molecule has 1 aliphatic carbocycles. The second-order valence-corrected chi connectivity index (χ2v) is 8.77. The quantitative estimate of drug-likeness (QED) is 0.426. The maximum atomic E-state index is 13.5. The van der Waals surface area contributed by atoms with Crippen molar-refractivity contribution in [1.82, 2.24) is 19.6 Å². The van der Waals surface area contributed by atoms with E-state index < -0.39 is 0 Å². The van der Waals surface area contributed by atoms with Crippen LogP contribution in [-0.2, 0) is 6.54 Å². The van der Waals surface area contributed by atoms with Gasteiger partial charge < -0.3 is 0 Å². The van der Waals surface area contributed by atoms with Crippen molar-refractivity contribution in [2.24, 2.45) is 0 Å². The topological polar surface area (TPSA) is 52.7 Å². The summed E-state index contributed by atoms with van der Waals surface area (Å²) in [7, 11) is 0. The van der Waals surface area contributed by atoms with Crippen LogP contribution in [0.15, 0.2) is 47.4 Å². The van der Waals surface area contributed by atoms with Crippen LogP contribution in [0.5, 0.6) is 0 Å². The van der Waals surface area contributed by atoms with Crippen LogP contribution in [0.2, 0.25) is 10.0 Å². The Hall–Kier alpha value is -2.63. The monoisotopic (exact) mass is 438 g/mol. The molecule has 2 aromatic heterocycles. The summed E-state index contributed by atoms with van der Waals surface area (Å²) in [6.45, 7) is 4.45. The molecule has 0 radical (unpaired) electrons. The first-order chi connectivity index (χ1) is 14.4. The smallest absolute Gasteiger partial charge is 0.265 e. The third-order valence-electron chi connectivity index (χ3n) is 5.73. The van der Waals surface area contributed by atoms with E-state index in [0.717, 1.165) is 40.7 Å². The van der Waals surface area contributed by atoms with Crippen LogP contribution in [0.25, 0.3) is 16.6 Å². The molecule has 7 heteroatoms. The molecular weight excluding hydrogens is 419 g/mol. The molecule has 0 saturated heterocycles. The lowest BCUT2D eigenvalue weighted by atomic mass is 10.1. The first-order valence-corrected chi connectivity index (χ1v) is 10.7. The molecule has 0 atom stereocenters. The highest BCUT2D eigenvalue weighted by Gasteiger charge is 2.30. The molecule has 1 fully saturated rings. The molecule has 0 bridgehead atoms. The highest BCUT2D eigenvalue weighted by molar-refractivity contribution is 6.42. The first kappa shape index (κ1) is 19.3. The fourth-order valence-electron chi connectivity index (χ4n) is 3.72.